The lowest BCUT2D eigenvalue weighted by Crippen LogP contribution is -2.05. The molecule has 0 atom stereocenters. The topological polar surface area (TPSA) is 78.0 Å². The highest BCUT2D eigenvalue weighted by atomic mass is 79.9. The first-order valence-electron chi connectivity index (χ1n) is 5.86. The fraction of sp³-hybridized carbons (Fsp3) is 0.231. The van der Waals surface area contributed by atoms with E-state index < -0.39 is 4.92 Å². The largest absolute Gasteiger partial charge is 0.298 e. The molecular formula is C13H12BrN3O3. The van der Waals surface area contributed by atoms with E-state index in [-0.39, 0.29) is 5.69 Å². The number of carbonyl (C=O) groups excluding carboxylic acids is 1. The summed E-state index contributed by atoms with van der Waals surface area (Å²) in [7, 11) is 0. The average molecular weight is 338 g/mol. The van der Waals surface area contributed by atoms with Crippen LogP contribution in [0.15, 0.2) is 22.7 Å². The molecule has 0 aliphatic heterocycles. The number of nitro groups is 1. The SMILES string of the molecule is Cc1nn(Cc2ccc([N+](=O)[O-])cc2Br)c(C)c1C=O. The molecule has 0 unspecified atom stereocenters. The van der Waals surface area contributed by atoms with Crippen molar-refractivity contribution in [3.05, 3.63) is 55.3 Å². The zero-order chi connectivity index (χ0) is 14.9. The maximum Gasteiger partial charge on any atom is 0.270 e. The van der Waals surface area contributed by atoms with Gasteiger partial charge in [0.05, 0.1) is 22.7 Å². The molecule has 0 amide bonds. The van der Waals surface area contributed by atoms with Gasteiger partial charge in [-0.15, -0.1) is 0 Å². The van der Waals surface area contributed by atoms with E-state index in [1.807, 2.05) is 6.92 Å². The van der Waals surface area contributed by atoms with Crippen LogP contribution in [-0.2, 0) is 6.54 Å². The highest BCUT2D eigenvalue weighted by Gasteiger charge is 2.13. The Kier molecular flexibility index (Phi) is 3.99. The van der Waals surface area contributed by atoms with Crippen molar-refractivity contribution < 1.29 is 9.72 Å². The van der Waals surface area contributed by atoms with Gasteiger partial charge in [-0.1, -0.05) is 15.9 Å². The van der Waals surface area contributed by atoms with Gasteiger partial charge in [0.15, 0.2) is 6.29 Å². The molecule has 1 heterocycles. The minimum Gasteiger partial charge on any atom is -0.298 e. The van der Waals surface area contributed by atoms with Crippen LogP contribution in [0.25, 0.3) is 0 Å². The molecule has 0 fully saturated rings. The van der Waals surface area contributed by atoms with Crippen LogP contribution < -0.4 is 0 Å². The monoisotopic (exact) mass is 337 g/mol. The first-order valence-corrected chi connectivity index (χ1v) is 6.65. The van der Waals surface area contributed by atoms with Crippen LogP contribution in [0.2, 0.25) is 0 Å². The van der Waals surface area contributed by atoms with Crippen molar-refractivity contribution in [1.82, 2.24) is 9.78 Å². The molecule has 0 saturated carbocycles. The molecule has 1 aromatic heterocycles. The van der Waals surface area contributed by atoms with E-state index >= 15 is 0 Å². The molecule has 0 aliphatic carbocycles. The molecule has 0 saturated heterocycles. The van der Waals surface area contributed by atoms with Crippen LogP contribution in [0.5, 0.6) is 0 Å². The molecule has 0 spiro atoms. The van der Waals surface area contributed by atoms with E-state index in [9.17, 15) is 14.9 Å². The van der Waals surface area contributed by atoms with E-state index in [2.05, 4.69) is 21.0 Å². The normalized spacial score (nSPS) is 10.6. The van der Waals surface area contributed by atoms with E-state index in [0.717, 1.165) is 17.5 Å². The fourth-order valence-corrected chi connectivity index (χ4v) is 2.47. The first kappa shape index (κ1) is 14.4. The second-order valence-corrected chi connectivity index (χ2v) is 5.25. The van der Waals surface area contributed by atoms with Crippen molar-refractivity contribution in [2.75, 3.05) is 0 Å². The number of non-ortho nitro benzene ring substituents is 1. The number of rotatable bonds is 4. The van der Waals surface area contributed by atoms with Crippen molar-refractivity contribution in [3.8, 4) is 0 Å². The summed E-state index contributed by atoms with van der Waals surface area (Å²) in [6, 6.07) is 4.59. The van der Waals surface area contributed by atoms with Gasteiger partial charge in [0.25, 0.3) is 5.69 Å². The Morgan fingerprint density at radius 2 is 2.15 bits per heavy atom. The minimum absolute atomic E-state index is 0.0302. The molecule has 0 bridgehead atoms. The highest BCUT2D eigenvalue weighted by Crippen LogP contribution is 2.24. The number of aryl methyl sites for hydroxylation is 1. The van der Waals surface area contributed by atoms with Gasteiger partial charge in [0.1, 0.15) is 0 Å². The summed E-state index contributed by atoms with van der Waals surface area (Å²) >= 11 is 3.32. The lowest BCUT2D eigenvalue weighted by atomic mass is 10.2. The molecule has 104 valence electrons. The van der Waals surface area contributed by atoms with E-state index in [4.69, 9.17) is 0 Å². The number of benzene rings is 1. The molecule has 0 radical (unpaired) electrons. The summed E-state index contributed by atoms with van der Waals surface area (Å²) in [5.74, 6) is 0. The molecule has 20 heavy (non-hydrogen) atoms. The molecule has 2 rings (SSSR count). The smallest absolute Gasteiger partial charge is 0.270 e. The molecule has 7 heteroatoms. The average Bonchev–Trinajstić information content (AvgIpc) is 2.66. The number of hydrogen-bond donors (Lipinski definition) is 0. The Morgan fingerprint density at radius 3 is 2.65 bits per heavy atom. The van der Waals surface area contributed by atoms with Gasteiger partial charge in [0.2, 0.25) is 0 Å². The first-order chi connectivity index (χ1) is 9.43. The van der Waals surface area contributed by atoms with Crippen LogP contribution in [-0.4, -0.2) is 21.0 Å². The fourth-order valence-electron chi connectivity index (χ4n) is 1.97. The second kappa shape index (κ2) is 5.54. The van der Waals surface area contributed by atoms with Gasteiger partial charge < -0.3 is 0 Å². The van der Waals surface area contributed by atoms with Gasteiger partial charge in [-0.05, 0) is 25.5 Å². The number of nitrogens with zero attached hydrogens (tertiary/aromatic N) is 3. The lowest BCUT2D eigenvalue weighted by Gasteiger charge is -2.07. The van der Waals surface area contributed by atoms with Crippen molar-refractivity contribution in [1.29, 1.82) is 0 Å². The van der Waals surface area contributed by atoms with Crippen LogP contribution >= 0.6 is 15.9 Å². The quantitative estimate of drug-likeness (QED) is 0.488. The Bertz CT molecular complexity index is 694. The van der Waals surface area contributed by atoms with Gasteiger partial charge in [-0.3, -0.25) is 19.6 Å². The Labute approximate surface area is 123 Å². The molecular weight excluding hydrogens is 326 g/mol. The van der Waals surface area contributed by atoms with Gasteiger partial charge in [-0.25, -0.2) is 0 Å². The predicted octanol–water partition coefficient (Wildman–Crippen LogP) is 3.03. The summed E-state index contributed by atoms with van der Waals surface area (Å²) < 4.78 is 2.36. The third kappa shape index (κ3) is 2.62. The molecule has 1 aromatic carbocycles. The minimum atomic E-state index is -0.442. The number of hydrogen-bond acceptors (Lipinski definition) is 4. The standard InChI is InChI=1S/C13H12BrN3O3/c1-8-12(7-18)9(2)16(15-8)6-10-3-4-11(17(19)20)5-13(10)14/h3-5,7H,6H2,1-2H3. The summed E-state index contributed by atoms with van der Waals surface area (Å²) in [5.41, 5.74) is 2.93. The number of aromatic nitrogens is 2. The Hall–Kier alpha value is -2.02. The number of aldehydes is 1. The van der Waals surface area contributed by atoms with Crippen molar-refractivity contribution in [2.24, 2.45) is 0 Å². The van der Waals surface area contributed by atoms with Crippen LogP contribution in [0.1, 0.15) is 27.3 Å². The maximum atomic E-state index is 11.0. The van der Waals surface area contributed by atoms with Crippen molar-refractivity contribution >= 4 is 27.9 Å². The van der Waals surface area contributed by atoms with Crippen molar-refractivity contribution in [2.45, 2.75) is 20.4 Å². The summed E-state index contributed by atoms with van der Waals surface area (Å²) in [5, 5.41) is 15.0. The summed E-state index contributed by atoms with van der Waals surface area (Å²) in [4.78, 5) is 21.2. The van der Waals surface area contributed by atoms with Gasteiger partial charge in [-0.2, -0.15) is 5.10 Å². The van der Waals surface area contributed by atoms with E-state index in [1.165, 1.54) is 12.1 Å². The zero-order valence-electron chi connectivity index (χ0n) is 11.0. The molecule has 6 nitrogen and oxygen atoms in total. The highest BCUT2D eigenvalue weighted by molar-refractivity contribution is 9.10. The summed E-state index contributed by atoms with van der Waals surface area (Å²) in [6.07, 6.45) is 0.791. The molecule has 0 N–H and O–H groups in total. The Balaban J connectivity index is 2.35. The van der Waals surface area contributed by atoms with Gasteiger partial charge >= 0.3 is 0 Å². The number of nitro benzene ring substituents is 1. The second-order valence-electron chi connectivity index (χ2n) is 4.39. The van der Waals surface area contributed by atoms with E-state index in [0.29, 0.717) is 22.3 Å². The van der Waals surface area contributed by atoms with Gasteiger partial charge in [0, 0.05) is 22.3 Å². The predicted molar refractivity (Wildman–Crippen MR) is 77.0 cm³/mol. The van der Waals surface area contributed by atoms with Crippen LogP contribution in [0, 0.1) is 24.0 Å². The van der Waals surface area contributed by atoms with Crippen LogP contribution in [0.3, 0.4) is 0 Å². The van der Waals surface area contributed by atoms with E-state index in [1.54, 1.807) is 17.7 Å². The lowest BCUT2D eigenvalue weighted by molar-refractivity contribution is -0.384. The zero-order valence-corrected chi connectivity index (χ0v) is 12.5. The molecule has 2 aromatic rings. The van der Waals surface area contributed by atoms with Crippen molar-refractivity contribution in [3.63, 3.8) is 0 Å². The Morgan fingerprint density at radius 1 is 1.45 bits per heavy atom. The third-order valence-corrected chi connectivity index (χ3v) is 3.86. The molecule has 0 aliphatic rings. The maximum absolute atomic E-state index is 11.0. The summed E-state index contributed by atoms with van der Waals surface area (Å²) in [6.45, 7) is 4.04. The number of halogens is 1. The third-order valence-electron chi connectivity index (χ3n) is 3.12. The van der Waals surface area contributed by atoms with Crippen LogP contribution in [0.4, 0.5) is 5.69 Å². The number of carbonyl (C=O) groups is 1.